The van der Waals surface area contributed by atoms with Crippen LogP contribution >= 0.6 is 0 Å². The minimum atomic E-state index is 0.277. The van der Waals surface area contributed by atoms with Crippen molar-refractivity contribution < 1.29 is 5.11 Å². The summed E-state index contributed by atoms with van der Waals surface area (Å²) in [5, 5.41) is 15.2. The van der Waals surface area contributed by atoms with Crippen molar-refractivity contribution in [2.75, 3.05) is 0 Å². The lowest BCUT2D eigenvalue weighted by Crippen LogP contribution is -1.99. The van der Waals surface area contributed by atoms with Crippen molar-refractivity contribution in [2.45, 2.75) is 52.9 Å². The smallest absolute Gasteiger partial charge is 0.217 e. The Labute approximate surface area is 121 Å². The van der Waals surface area contributed by atoms with Gasteiger partial charge in [0.2, 0.25) is 5.88 Å². The summed E-state index contributed by atoms with van der Waals surface area (Å²) in [4.78, 5) is 0. The number of hydrogen-bond acceptors (Lipinski definition) is 2. The van der Waals surface area contributed by atoms with Gasteiger partial charge >= 0.3 is 0 Å². The molecule has 3 heteroatoms. The second-order valence-electron chi connectivity index (χ2n) is 5.64. The highest BCUT2D eigenvalue weighted by molar-refractivity contribution is 5.46. The fraction of sp³-hybridized carbons (Fsp3) is 0.471. The van der Waals surface area contributed by atoms with Crippen molar-refractivity contribution >= 4 is 0 Å². The van der Waals surface area contributed by atoms with Crippen LogP contribution in [0.1, 0.15) is 56.4 Å². The van der Waals surface area contributed by atoms with Crippen molar-refractivity contribution in [3.05, 3.63) is 41.1 Å². The van der Waals surface area contributed by atoms with Crippen LogP contribution in [0.15, 0.2) is 24.3 Å². The van der Waals surface area contributed by atoms with E-state index in [-0.39, 0.29) is 5.92 Å². The van der Waals surface area contributed by atoms with Crippen LogP contribution in [0.4, 0.5) is 0 Å². The third kappa shape index (κ3) is 2.72. The molecule has 0 bridgehead atoms. The molecular weight excluding hydrogens is 248 g/mol. The van der Waals surface area contributed by atoms with Crippen molar-refractivity contribution in [3.8, 4) is 11.6 Å². The van der Waals surface area contributed by atoms with Gasteiger partial charge in [-0.2, -0.15) is 5.10 Å². The lowest BCUT2D eigenvalue weighted by molar-refractivity contribution is 0.425. The molecule has 108 valence electrons. The second-order valence-corrected chi connectivity index (χ2v) is 5.64. The zero-order valence-electron chi connectivity index (χ0n) is 12.8. The number of benzene rings is 1. The largest absolute Gasteiger partial charge is 0.493 e. The van der Waals surface area contributed by atoms with E-state index in [4.69, 9.17) is 0 Å². The number of para-hydroxylation sites is 1. The van der Waals surface area contributed by atoms with Gasteiger partial charge in [-0.05, 0) is 37.3 Å². The van der Waals surface area contributed by atoms with Gasteiger partial charge in [0.15, 0.2) is 0 Å². The summed E-state index contributed by atoms with van der Waals surface area (Å²) in [5.41, 5.74) is 4.08. The Hall–Kier alpha value is -1.77. The Morgan fingerprint density at radius 2 is 1.95 bits per heavy atom. The molecule has 0 aliphatic heterocycles. The van der Waals surface area contributed by atoms with Crippen LogP contribution in [0.25, 0.3) is 5.69 Å². The molecule has 0 saturated carbocycles. The molecule has 0 aliphatic rings. The second kappa shape index (κ2) is 6.12. The van der Waals surface area contributed by atoms with Crippen molar-refractivity contribution in [1.29, 1.82) is 0 Å². The Morgan fingerprint density at radius 3 is 2.55 bits per heavy atom. The number of rotatable bonds is 5. The molecule has 1 N–H and O–H groups in total. The summed E-state index contributed by atoms with van der Waals surface area (Å²) in [6, 6.07) is 8.01. The van der Waals surface area contributed by atoms with E-state index < -0.39 is 0 Å². The van der Waals surface area contributed by atoms with Gasteiger partial charge in [-0.25, -0.2) is 4.68 Å². The van der Waals surface area contributed by atoms with Gasteiger partial charge in [0.25, 0.3) is 0 Å². The SMILES string of the molecule is CCCCc1nn(-c2ccccc2C)c(O)c1C(C)C. The molecule has 0 fully saturated rings. The molecule has 1 aromatic heterocycles. The highest BCUT2D eigenvalue weighted by Gasteiger charge is 2.20. The molecule has 2 aromatic rings. The summed E-state index contributed by atoms with van der Waals surface area (Å²) in [6.45, 7) is 8.42. The van der Waals surface area contributed by atoms with Crippen LogP contribution in [0.3, 0.4) is 0 Å². The number of aromatic hydroxyl groups is 1. The molecule has 1 heterocycles. The predicted molar refractivity (Wildman–Crippen MR) is 82.7 cm³/mol. The van der Waals surface area contributed by atoms with E-state index in [1.54, 1.807) is 4.68 Å². The van der Waals surface area contributed by atoms with Gasteiger partial charge in [-0.1, -0.05) is 45.4 Å². The molecule has 0 spiro atoms. The summed E-state index contributed by atoms with van der Waals surface area (Å²) in [5.74, 6) is 0.569. The number of aryl methyl sites for hydroxylation is 2. The topological polar surface area (TPSA) is 38.0 Å². The first-order valence-corrected chi connectivity index (χ1v) is 7.43. The van der Waals surface area contributed by atoms with E-state index in [1.807, 2.05) is 31.2 Å². The first-order chi connectivity index (χ1) is 9.56. The zero-order chi connectivity index (χ0) is 14.7. The average Bonchev–Trinajstić information content (AvgIpc) is 2.74. The van der Waals surface area contributed by atoms with Crippen molar-refractivity contribution in [1.82, 2.24) is 9.78 Å². The zero-order valence-corrected chi connectivity index (χ0v) is 12.8. The molecule has 0 saturated heterocycles. The standard InChI is InChI=1S/C17H24N2O/c1-5-6-10-14-16(12(2)3)17(20)19(18-14)15-11-8-7-9-13(15)4/h7-9,11-12,20H,5-6,10H2,1-4H3. The Morgan fingerprint density at radius 1 is 1.25 bits per heavy atom. The van der Waals surface area contributed by atoms with Crippen molar-refractivity contribution in [2.24, 2.45) is 0 Å². The lowest BCUT2D eigenvalue weighted by Gasteiger charge is -2.08. The van der Waals surface area contributed by atoms with Crippen molar-refractivity contribution in [3.63, 3.8) is 0 Å². The van der Waals surface area contributed by atoms with E-state index in [1.165, 1.54) is 0 Å². The Kier molecular flexibility index (Phi) is 4.48. The number of aromatic nitrogens is 2. The highest BCUT2D eigenvalue weighted by Crippen LogP contribution is 2.32. The highest BCUT2D eigenvalue weighted by atomic mass is 16.3. The molecule has 3 nitrogen and oxygen atoms in total. The number of hydrogen-bond donors (Lipinski definition) is 1. The first kappa shape index (κ1) is 14.6. The van der Waals surface area contributed by atoms with E-state index in [9.17, 15) is 5.11 Å². The minimum absolute atomic E-state index is 0.277. The first-order valence-electron chi connectivity index (χ1n) is 7.43. The fourth-order valence-corrected chi connectivity index (χ4v) is 2.55. The number of unbranched alkanes of at least 4 members (excludes halogenated alkanes) is 1. The maximum Gasteiger partial charge on any atom is 0.217 e. The Balaban J connectivity index is 2.52. The van der Waals surface area contributed by atoms with Crippen LogP contribution in [-0.2, 0) is 6.42 Å². The van der Waals surface area contributed by atoms with E-state index in [0.29, 0.717) is 5.88 Å². The molecule has 0 atom stereocenters. The monoisotopic (exact) mass is 272 g/mol. The summed E-state index contributed by atoms with van der Waals surface area (Å²) < 4.78 is 1.69. The summed E-state index contributed by atoms with van der Waals surface area (Å²) in [7, 11) is 0. The molecule has 2 rings (SSSR count). The van der Waals surface area contributed by atoms with Crippen LogP contribution < -0.4 is 0 Å². The predicted octanol–water partition coefficient (Wildman–Crippen LogP) is 4.35. The van der Waals surface area contributed by atoms with Gasteiger partial charge in [0.1, 0.15) is 0 Å². The molecule has 0 aliphatic carbocycles. The fourth-order valence-electron chi connectivity index (χ4n) is 2.55. The summed E-state index contributed by atoms with van der Waals surface area (Å²) >= 11 is 0. The molecule has 0 amide bonds. The van der Waals surface area contributed by atoms with Gasteiger partial charge in [0.05, 0.1) is 11.4 Å². The van der Waals surface area contributed by atoms with Gasteiger partial charge in [-0.3, -0.25) is 0 Å². The maximum absolute atomic E-state index is 10.6. The van der Waals surface area contributed by atoms with Gasteiger partial charge < -0.3 is 5.11 Å². The molecule has 0 unspecified atom stereocenters. The van der Waals surface area contributed by atoms with E-state index in [0.717, 1.165) is 41.8 Å². The quantitative estimate of drug-likeness (QED) is 0.878. The van der Waals surface area contributed by atoms with Gasteiger partial charge in [-0.15, -0.1) is 0 Å². The van der Waals surface area contributed by atoms with E-state index >= 15 is 0 Å². The third-order valence-electron chi connectivity index (χ3n) is 3.66. The normalized spacial score (nSPS) is 11.2. The summed E-state index contributed by atoms with van der Waals surface area (Å²) in [6.07, 6.45) is 3.16. The van der Waals surface area contributed by atoms with Crippen LogP contribution in [0.2, 0.25) is 0 Å². The maximum atomic E-state index is 10.6. The van der Waals surface area contributed by atoms with Crippen LogP contribution in [-0.4, -0.2) is 14.9 Å². The minimum Gasteiger partial charge on any atom is -0.493 e. The lowest BCUT2D eigenvalue weighted by atomic mass is 10.0. The van der Waals surface area contributed by atoms with Crippen LogP contribution in [0.5, 0.6) is 5.88 Å². The number of nitrogens with zero attached hydrogens (tertiary/aromatic N) is 2. The van der Waals surface area contributed by atoms with Crippen LogP contribution in [0, 0.1) is 6.92 Å². The molecule has 1 aromatic carbocycles. The van der Waals surface area contributed by atoms with Gasteiger partial charge in [0, 0.05) is 5.56 Å². The average molecular weight is 272 g/mol. The van der Waals surface area contributed by atoms with E-state index in [2.05, 4.69) is 25.9 Å². The molecule has 20 heavy (non-hydrogen) atoms. The Bertz CT molecular complexity index is 585. The molecule has 0 radical (unpaired) electrons. The third-order valence-corrected chi connectivity index (χ3v) is 3.66. The molecular formula is C17H24N2O.